The molecule has 37 heavy (non-hydrogen) atoms. The first-order valence-corrected chi connectivity index (χ1v) is 12.5. The van der Waals surface area contributed by atoms with Crippen molar-refractivity contribution in [1.82, 2.24) is 19.9 Å². The maximum Gasteiger partial charge on any atom is 0.573 e. The lowest BCUT2D eigenvalue weighted by Crippen LogP contribution is -2.44. The number of aromatic nitrogens is 2. The summed E-state index contributed by atoms with van der Waals surface area (Å²) in [7, 11) is 2.12. The molecular formula is C25H28F3N7OS. The molecular weight excluding hydrogens is 503 g/mol. The van der Waals surface area contributed by atoms with Gasteiger partial charge in [-0.05, 0) is 55.9 Å². The maximum absolute atomic E-state index is 12.4. The lowest BCUT2D eigenvalue weighted by Gasteiger charge is -2.33. The van der Waals surface area contributed by atoms with Crippen LogP contribution in [0, 0.1) is 0 Å². The molecule has 1 aliphatic rings. The zero-order valence-corrected chi connectivity index (χ0v) is 21.5. The molecule has 12 heteroatoms. The molecule has 0 spiro atoms. The monoisotopic (exact) mass is 531 g/mol. The van der Waals surface area contributed by atoms with Crippen molar-refractivity contribution in [3.63, 3.8) is 0 Å². The highest BCUT2D eigenvalue weighted by atomic mass is 32.1. The van der Waals surface area contributed by atoms with Gasteiger partial charge in [-0.25, -0.2) is 15.0 Å². The van der Waals surface area contributed by atoms with Crippen molar-refractivity contribution in [3.8, 4) is 17.0 Å². The van der Waals surface area contributed by atoms with E-state index in [1.807, 2.05) is 24.6 Å². The Balaban J connectivity index is 1.37. The van der Waals surface area contributed by atoms with Crippen molar-refractivity contribution in [2.24, 2.45) is 10.1 Å². The second-order valence-electron chi connectivity index (χ2n) is 8.57. The van der Waals surface area contributed by atoms with Crippen LogP contribution in [0.15, 0.2) is 58.1 Å². The van der Waals surface area contributed by atoms with Crippen LogP contribution in [0.5, 0.6) is 5.75 Å². The Kier molecular flexibility index (Phi) is 8.39. The summed E-state index contributed by atoms with van der Waals surface area (Å²) in [4.78, 5) is 18.3. The van der Waals surface area contributed by atoms with Crippen molar-refractivity contribution in [3.05, 3.63) is 58.5 Å². The van der Waals surface area contributed by atoms with E-state index in [9.17, 15) is 13.2 Å². The normalized spacial score (nSPS) is 15.1. The van der Waals surface area contributed by atoms with Gasteiger partial charge < -0.3 is 14.5 Å². The van der Waals surface area contributed by atoms with E-state index in [0.717, 1.165) is 42.6 Å². The Morgan fingerprint density at radius 1 is 1.16 bits per heavy atom. The maximum atomic E-state index is 12.4. The molecule has 8 nitrogen and oxygen atoms in total. The summed E-state index contributed by atoms with van der Waals surface area (Å²) in [6, 6.07) is 9.67. The minimum Gasteiger partial charge on any atom is -0.406 e. The van der Waals surface area contributed by atoms with Gasteiger partial charge in [0.05, 0.1) is 18.8 Å². The van der Waals surface area contributed by atoms with Crippen LogP contribution in [0.1, 0.15) is 17.5 Å². The van der Waals surface area contributed by atoms with Gasteiger partial charge >= 0.3 is 6.36 Å². The molecule has 196 valence electrons. The number of hydrogen-bond donors (Lipinski definition) is 0. The number of amidine groups is 1. The van der Waals surface area contributed by atoms with E-state index in [-0.39, 0.29) is 5.75 Å². The average molecular weight is 532 g/mol. The Labute approximate surface area is 217 Å². The summed E-state index contributed by atoms with van der Waals surface area (Å²) in [6.07, 6.45) is -2.90. The van der Waals surface area contributed by atoms with Gasteiger partial charge in [0.25, 0.3) is 0 Å². The molecule has 0 radical (unpaired) electrons. The zero-order chi connectivity index (χ0) is 26.4. The van der Waals surface area contributed by atoms with Crippen molar-refractivity contribution in [2.45, 2.75) is 26.4 Å². The standard InChI is InChI=1S/C25H28F3N7OS/c1-18(35(29-2)16-19-8-9-30-23(14-19)34-12-10-33(3)11-13-34)31-15-24-32-22(17-37-24)20-4-6-21(7-5-20)36-25(26,27)28/h4-9,14,17H,2,10-13,15-16H2,1,3H3. The van der Waals surface area contributed by atoms with Gasteiger partial charge in [0.1, 0.15) is 22.4 Å². The molecule has 0 amide bonds. The molecule has 1 aliphatic heterocycles. The van der Waals surface area contributed by atoms with E-state index in [2.05, 4.69) is 54.4 Å². The molecule has 0 atom stereocenters. The van der Waals surface area contributed by atoms with E-state index in [4.69, 9.17) is 0 Å². The minimum absolute atomic E-state index is 0.270. The first-order chi connectivity index (χ1) is 17.7. The number of benzene rings is 1. The first kappa shape index (κ1) is 26.6. The number of anilines is 1. The summed E-state index contributed by atoms with van der Waals surface area (Å²) in [5, 5.41) is 8.49. The molecule has 0 N–H and O–H groups in total. The van der Waals surface area contributed by atoms with Gasteiger partial charge in [0.15, 0.2) is 0 Å². The van der Waals surface area contributed by atoms with Crippen LogP contribution in [0.4, 0.5) is 19.0 Å². The number of thiazole rings is 1. The third-order valence-electron chi connectivity index (χ3n) is 5.89. The smallest absolute Gasteiger partial charge is 0.406 e. The number of halogens is 3. The van der Waals surface area contributed by atoms with Gasteiger partial charge in [-0.1, -0.05) is 0 Å². The fraction of sp³-hybridized carbons (Fsp3) is 0.360. The molecule has 0 unspecified atom stereocenters. The molecule has 0 aliphatic carbocycles. The van der Waals surface area contributed by atoms with Crippen LogP contribution >= 0.6 is 11.3 Å². The predicted octanol–water partition coefficient (Wildman–Crippen LogP) is 4.89. The topological polar surface area (TPSA) is 69.5 Å². The number of nitrogens with zero attached hydrogens (tertiary/aromatic N) is 7. The fourth-order valence-corrected chi connectivity index (χ4v) is 4.54. The lowest BCUT2D eigenvalue weighted by molar-refractivity contribution is -0.274. The third-order valence-corrected chi connectivity index (χ3v) is 6.73. The summed E-state index contributed by atoms with van der Waals surface area (Å²) in [5.41, 5.74) is 2.42. The Morgan fingerprint density at radius 2 is 1.89 bits per heavy atom. The number of likely N-dealkylation sites (N-methyl/N-ethyl adjacent to an activating group) is 1. The largest absolute Gasteiger partial charge is 0.573 e. The Morgan fingerprint density at radius 3 is 2.57 bits per heavy atom. The first-order valence-electron chi connectivity index (χ1n) is 11.6. The lowest BCUT2D eigenvalue weighted by atomic mass is 10.2. The van der Waals surface area contributed by atoms with Crippen LogP contribution in [0.3, 0.4) is 0 Å². The minimum atomic E-state index is -4.72. The van der Waals surface area contributed by atoms with E-state index in [1.54, 1.807) is 17.1 Å². The summed E-state index contributed by atoms with van der Waals surface area (Å²) in [5.74, 6) is 1.38. The molecule has 0 saturated carbocycles. The molecule has 0 bridgehead atoms. The molecule has 1 fully saturated rings. The van der Waals surface area contributed by atoms with Gasteiger partial charge in [0, 0.05) is 50.0 Å². The highest BCUT2D eigenvalue weighted by Crippen LogP contribution is 2.27. The molecule has 1 saturated heterocycles. The predicted molar refractivity (Wildman–Crippen MR) is 140 cm³/mol. The third kappa shape index (κ3) is 7.49. The fourth-order valence-electron chi connectivity index (χ4n) is 3.81. The van der Waals surface area contributed by atoms with Gasteiger partial charge in [-0.3, -0.25) is 4.99 Å². The highest BCUT2D eigenvalue weighted by Gasteiger charge is 2.31. The van der Waals surface area contributed by atoms with Crippen LogP contribution in [0.2, 0.25) is 0 Å². The zero-order valence-electron chi connectivity index (χ0n) is 20.6. The Bertz CT molecular complexity index is 1220. The number of rotatable bonds is 8. The van der Waals surface area contributed by atoms with E-state index >= 15 is 0 Å². The van der Waals surface area contributed by atoms with Crippen molar-refractivity contribution in [2.75, 3.05) is 38.1 Å². The second-order valence-corrected chi connectivity index (χ2v) is 9.52. The number of ether oxygens (including phenoxy) is 1. The second kappa shape index (κ2) is 11.7. The SMILES string of the molecule is C=NN(Cc1ccnc(N2CCN(C)CC2)c1)C(C)=NCc1nc(-c2ccc(OC(F)(F)F)cc2)cs1. The number of alkyl halides is 3. The number of pyridine rings is 1. The molecule has 3 heterocycles. The van der Waals surface area contributed by atoms with Crippen molar-refractivity contribution < 1.29 is 17.9 Å². The van der Waals surface area contributed by atoms with E-state index < -0.39 is 6.36 Å². The molecule has 3 aromatic rings. The van der Waals surface area contributed by atoms with Crippen molar-refractivity contribution in [1.29, 1.82) is 0 Å². The highest BCUT2D eigenvalue weighted by molar-refractivity contribution is 7.09. The summed E-state index contributed by atoms with van der Waals surface area (Å²) < 4.78 is 41.0. The quantitative estimate of drug-likeness (QED) is 0.234. The summed E-state index contributed by atoms with van der Waals surface area (Å²) in [6.45, 7) is 10.3. The van der Waals surface area contributed by atoms with Crippen LogP contribution in [-0.2, 0) is 13.1 Å². The van der Waals surface area contributed by atoms with Crippen LogP contribution in [0.25, 0.3) is 11.3 Å². The van der Waals surface area contributed by atoms with Crippen LogP contribution in [-0.4, -0.2) is 72.0 Å². The summed E-state index contributed by atoms with van der Waals surface area (Å²) >= 11 is 1.43. The van der Waals surface area contributed by atoms with Gasteiger partial charge in [-0.2, -0.15) is 5.10 Å². The van der Waals surface area contributed by atoms with E-state index in [0.29, 0.717) is 30.2 Å². The van der Waals surface area contributed by atoms with Crippen molar-refractivity contribution >= 4 is 29.7 Å². The van der Waals surface area contributed by atoms with Gasteiger partial charge in [-0.15, -0.1) is 24.5 Å². The van der Waals surface area contributed by atoms with Crippen LogP contribution < -0.4 is 9.64 Å². The molecule has 4 rings (SSSR count). The Hall–Kier alpha value is -3.51. The number of hydrazone groups is 1. The number of aliphatic imine (C=N–C) groups is 1. The van der Waals surface area contributed by atoms with E-state index in [1.165, 1.54) is 23.5 Å². The number of piperazine rings is 1. The molecule has 1 aromatic carbocycles. The number of hydrogen-bond acceptors (Lipinski definition) is 8. The van der Waals surface area contributed by atoms with Gasteiger partial charge in [0.2, 0.25) is 0 Å². The average Bonchev–Trinajstić information content (AvgIpc) is 3.35. The molecule has 2 aromatic heterocycles.